The smallest absolute Gasteiger partial charge is 0.115 e. The molecule has 0 fully saturated rings. The lowest BCUT2D eigenvalue weighted by molar-refractivity contribution is 0.474. The number of benzene rings is 1. The van der Waals surface area contributed by atoms with Gasteiger partial charge in [-0.2, -0.15) is 5.10 Å². The molecule has 2 aromatic rings. The zero-order valence-corrected chi connectivity index (χ0v) is 12.6. The molecule has 2 N–H and O–H groups in total. The molecule has 4 nitrogen and oxygen atoms in total. The van der Waals surface area contributed by atoms with Crippen LogP contribution < -0.4 is 5.32 Å². The highest BCUT2D eigenvalue weighted by molar-refractivity contribution is 5.27. The molecule has 0 amide bonds. The molecule has 0 spiro atoms. The average Bonchev–Trinajstić information content (AvgIpc) is 2.64. The molecule has 1 atom stereocenters. The van der Waals surface area contributed by atoms with Crippen molar-refractivity contribution in [3.05, 3.63) is 46.8 Å². The molecule has 2 rings (SSSR count). The van der Waals surface area contributed by atoms with Crippen LogP contribution in [0.15, 0.2) is 24.3 Å². The van der Waals surface area contributed by atoms with Crippen molar-refractivity contribution in [3.63, 3.8) is 0 Å². The molecule has 0 bridgehead atoms. The van der Waals surface area contributed by atoms with Crippen LogP contribution in [-0.2, 0) is 20.0 Å². The minimum absolute atomic E-state index is 0.316. The van der Waals surface area contributed by atoms with E-state index in [9.17, 15) is 5.11 Å². The van der Waals surface area contributed by atoms with Gasteiger partial charge in [0.1, 0.15) is 5.75 Å². The van der Waals surface area contributed by atoms with E-state index in [4.69, 9.17) is 0 Å². The zero-order valence-electron chi connectivity index (χ0n) is 12.6. The van der Waals surface area contributed by atoms with Gasteiger partial charge in [-0.1, -0.05) is 12.1 Å². The van der Waals surface area contributed by atoms with Crippen molar-refractivity contribution < 1.29 is 5.11 Å². The first-order valence-corrected chi connectivity index (χ1v) is 6.97. The van der Waals surface area contributed by atoms with Gasteiger partial charge in [0, 0.05) is 30.9 Å². The van der Waals surface area contributed by atoms with E-state index in [2.05, 4.69) is 31.2 Å². The molecule has 0 saturated heterocycles. The van der Waals surface area contributed by atoms with Crippen LogP contribution in [-0.4, -0.2) is 20.9 Å². The number of phenols is 1. The summed E-state index contributed by atoms with van der Waals surface area (Å²) in [7, 11) is 1.98. The molecule has 108 valence electrons. The van der Waals surface area contributed by atoms with Gasteiger partial charge in [0.05, 0.1) is 5.69 Å². The van der Waals surface area contributed by atoms with Crippen LogP contribution >= 0.6 is 0 Å². The lowest BCUT2D eigenvalue weighted by atomic mass is 10.1. The maximum absolute atomic E-state index is 9.28. The summed E-state index contributed by atoms with van der Waals surface area (Å²) in [6, 6.07) is 7.77. The summed E-state index contributed by atoms with van der Waals surface area (Å²) < 4.78 is 1.93. The van der Waals surface area contributed by atoms with Gasteiger partial charge in [-0.15, -0.1) is 0 Å². The molecule has 1 aromatic carbocycles. The summed E-state index contributed by atoms with van der Waals surface area (Å²) in [6.07, 6.45) is 0.943. The van der Waals surface area contributed by atoms with E-state index in [-0.39, 0.29) is 0 Å². The second kappa shape index (κ2) is 6.09. The van der Waals surface area contributed by atoms with Gasteiger partial charge in [0.15, 0.2) is 0 Å². The van der Waals surface area contributed by atoms with E-state index in [1.54, 1.807) is 12.1 Å². The van der Waals surface area contributed by atoms with Gasteiger partial charge < -0.3 is 10.4 Å². The second-order valence-corrected chi connectivity index (χ2v) is 5.43. The van der Waals surface area contributed by atoms with Gasteiger partial charge in [-0.05, 0) is 44.9 Å². The third-order valence-corrected chi connectivity index (χ3v) is 3.76. The van der Waals surface area contributed by atoms with Crippen LogP contribution in [0.5, 0.6) is 5.75 Å². The molecule has 0 aliphatic heterocycles. The van der Waals surface area contributed by atoms with Crippen LogP contribution in [0.2, 0.25) is 0 Å². The highest BCUT2D eigenvalue weighted by Gasteiger charge is 2.10. The Labute approximate surface area is 120 Å². The van der Waals surface area contributed by atoms with Crippen molar-refractivity contribution in [2.24, 2.45) is 7.05 Å². The van der Waals surface area contributed by atoms with Crippen molar-refractivity contribution in [1.29, 1.82) is 0 Å². The van der Waals surface area contributed by atoms with Gasteiger partial charge >= 0.3 is 0 Å². The predicted molar refractivity (Wildman–Crippen MR) is 80.8 cm³/mol. The van der Waals surface area contributed by atoms with Crippen molar-refractivity contribution in [3.8, 4) is 5.75 Å². The molecule has 4 heteroatoms. The topological polar surface area (TPSA) is 50.1 Å². The normalized spacial score (nSPS) is 12.6. The number of aryl methyl sites for hydroxylation is 2. The van der Waals surface area contributed by atoms with Crippen molar-refractivity contribution in [2.75, 3.05) is 0 Å². The summed E-state index contributed by atoms with van der Waals surface area (Å²) >= 11 is 0. The number of rotatable bonds is 5. The monoisotopic (exact) mass is 273 g/mol. The maximum atomic E-state index is 9.28. The van der Waals surface area contributed by atoms with E-state index in [1.807, 2.05) is 23.9 Å². The second-order valence-electron chi connectivity index (χ2n) is 5.43. The van der Waals surface area contributed by atoms with E-state index in [1.165, 1.54) is 16.8 Å². The molecule has 0 radical (unpaired) electrons. The molecule has 0 aliphatic carbocycles. The Bertz CT molecular complexity index is 572. The Kier molecular flexibility index (Phi) is 4.45. The molecular weight excluding hydrogens is 250 g/mol. The SMILES string of the molecule is Cc1nn(C)c(C)c1CNC(C)Cc1ccc(O)cc1. The number of nitrogens with one attached hydrogen (secondary N) is 1. The van der Waals surface area contributed by atoms with Crippen LogP contribution in [0.1, 0.15) is 29.4 Å². The van der Waals surface area contributed by atoms with E-state index >= 15 is 0 Å². The first-order chi connectivity index (χ1) is 9.47. The Hall–Kier alpha value is -1.81. The molecule has 1 heterocycles. The predicted octanol–water partition coefficient (Wildman–Crippen LogP) is 2.46. The fraction of sp³-hybridized carbons (Fsp3) is 0.438. The van der Waals surface area contributed by atoms with Gasteiger partial charge in [0.25, 0.3) is 0 Å². The number of aromatic nitrogens is 2. The number of nitrogens with zero attached hydrogens (tertiary/aromatic N) is 2. The lowest BCUT2D eigenvalue weighted by Gasteiger charge is -2.14. The summed E-state index contributed by atoms with van der Waals surface area (Å²) in [4.78, 5) is 0. The fourth-order valence-corrected chi connectivity index (χ4v) is 2.41. The Morgan fingerprint density at radius 2 is 1.90 bits per heavy atom. The first kappa shape index (κ1) is 14.6. The summed E-state index contributed by atoms with van der Waals surface area (Å²) in [5, 5.41) is 17.3. The minimum atomic E-state index is 0.316. The highest BCUT2D eigenvalue weighted by atomic mass is 16.3. The minimum Gasteiger partial charge on any atom is -0.508 e. The summed E-state index contributed by atoms with van der Waals surface area (Å²) in [6.45, 7) is 7.16. The van der Waals surface area contributed by atoms with Crippen LogP contribution in [0.3, 0.4) is 0 Å². The van der Waals surface area contributed by atoms with Crippen LogP contribution in [0.25, 0.3) is 0 Å². The van der Waals surface area contributed by atoms with Crippen molar-refractivity contribution in [2.45, 2.75) is 39.8 Å². The lowest BCUT2D eigenvalue weighted by Crippen LogP contribution is -2.28. The summed E-state index contributed by atoms with van der Waals surface area (Å²) in [5.74, 6) is 0.316. The number of aromatic hydroxyl groups is 1. The third-order valence-electron chi connectivity index (χ3n) is 3.76. The van der Waals surface area contributed by atoms with Gasteiger partial charge in [-0.3, -0.25) is 4.68 Å². The quantitative estimate of drug-likeness (QED) is 0.880. The van der Waals surface area contributed by atoms with Gasteiger partial charge in [0.2, 0.25) is 0 Å². The Morgan fingerprint density at radius 1 is 1.25 bits per heavy atom. The number of hydrogen-bond acceptors (Lipinski definition) is 3. The molecule has 0 aliphatic rings. The summed E-state index contributed by atoms with van der Waals surface area (Å²) in [5.41, 5.74) is 4.81. The van der Waals surface area contributed by atoms with Crippen LogP contribution in [0, 0.1) is 13.8 Å². The van der Waals surface area contributed by atoms with E-state index in [0.717, 1.165) is 18.7 Å². The molecule has 1 aromatic heterocycles. The third kappa shape index (κ3) is 3.39. The Balaban J connectivity index is 1.92. The highest BCUT2D eigenvalue weighted by Crippen LogP contribution is 2.13. The van der Waals surface area contributed by atoms with Crippen molar-refractivity contribution in [1.82, 2.24) is 15.1 Å². The average molecular weight is 273 g/mol. The number of phenolic OH excluding ortho intramolecular Hbond substituents is 1. The number of hydrogen-bond donors (Lipinski definition) is 2. The fourth-order valence-electron chi connectivity index (χ4n) is 2.41. The zero-order chi connectivity index (χ0) is 14.7. The molecule has 0 saturated carbocycles. The van der Waals surface area contributed by atoms with Gasteiger partial charge in [-0.25, -0.2) is 0 Å². The molecular formula is C16H23N3O. The maximum Gasteiger partial charge on any atom is 0.115 e. The molecule has 1 unspecified atom stereocenters. The Morgan fingerprint density at radius 3 is 2.45 bits per heavy atom. The molecule has 20 heavy (non-hydrogen) atoms. The van der Waals surface area contributed by atoms with Crippen LogP contribution in [0.4, 0.5) is 0 Å². The first-order valence-electron chi connectivity index (χ1n) is 6.97. The largest absolute Gasteiger partial charge is 0.508 e. The standard InChI is InChI=1S/C16H23N3O/c1-11(9-14-5-7-15(20)8-6-14)17-10-16-12(2)18-19(4)13(16)3/h5-8,11,17,20H,9-10H2,1-4H3. The van der Waals surface area contributed by atoms with E-state index in [0.29, 0.717) is 11.8 Å². The van der Waals surface area contributed by atoms with Crippen molar-refractivity contribution >= 4 is 0 Å². The van der Waals surface area contributed by atoms with E-state index < -0.39 is 0 Å².